The quantitative estimate of drug-likeness (QED) is 0.320. The first-order chi connectivity index (χ1) is 14.1. The number of aliphatic hydroxyl groups excluding tert-OH is 1. The highest BCUT2D eigenvalue weighted by atomic mass is 16.5. The van der Waals surface area contributed by atoms with Crippen molar-refractivity contribution in [2.45, 2.75) is 19.4 Å². The molecule has 1 heterocycles. The van der Waals surface area contributed by atoms with Gasteiger partial charge in [-0.1, -0.05) is 42.5 Å². The van der Waals surface area contributed by atoms with Gasteiger partial charge in [0.15, 0.2) is 0 Å². The average Bonchev–Trinajstić information content (AvgIpc) is 2.99. The second-order valence-corrected chi connectivity index (χ2v) is 6.71. The first-order valence-corrected chi connectivity index (χ1v) is 9.64. The highest BCUT2D eigenvalue weighted by molar-refractivity contribution is 6.46. The number of amides is 1. The lowest BCUT2D eigenvalue weighted by Gasteiger charge is -2.25. The van der Waals surface area contributed by atoms with Gasteiger partial charge in [0.2, 0.25) is 0 Å². The van der Waals surface area contributed by atoms with E-state index in [4.69, 9.17) is 9.47 Å². The molecule has 29 heavy (non-hydrogen) atoms. The van der Waals surface area contributed by atoms with Gasteiger partial charge in [0.1, 0.15) is 11.5 Å². The predicted octanol–water partition coefficient (Wildman–Crippen LogP) is 3.54. The van der Waals surface area contributed by atoms with Crippen molar-refractivity contribution in [3.05, 3.63) is 71.3 Å². The number of benzene rings is 2. The fourth-order valence-electron chi connectivity index (χ4n) is 3.53. The van der Waals surface area contributed by atoms with Crippen LogP contribution in [-0.4, -0.2) is 48.6 Å². The Morgan fingerprint density at radius 1 is 1.10 bits per heavy atom. The van der Waals surface area contributed by atoms with Gasteiger partial charge in [0.05, 0.1) is 18.2 Å². The van der Waals surface area contributed by atoms with Crippen LogP contribution in [0.3, 0.4) is 0 Å². The van der Waals surface area contributed by atoms with Crippen molar-refractivity contribution in [1.82, 2.24) is 4.90 Å². The molecule has 1 N–H and O–H groups in total. The molecule has 0 saturated carbocycles. The minimum absolute atomic E-state index is 0.0901. The maximum absolute atomic E-state index is 12.9. The number of carbonyl (C=O) groups is 2. The van der Waals surface area contributed by atoms with Crippen molar-refractivity contribution in [2.24, 2.45) is 0 Å². The van der Waals surface area contributed by atoms with Gasteiger partial charge in [0.25, 0.3) is 11.7 Å². The van der Waals surface area contributed by atoms with Crippen molar-refractivity contribution >= 4 is 17.4 Å². The molecule has 1 saturated heterocycles. The third-order valence-corrected chi connectivity index (χ3v) is 4.82. The Labute approximate surface area is 170 Å². The van der Waals surface area contributed by atoms with E-state index in [1.807, 2.05) is 37.3 Å². The van der Waals surface area contributed by atoms with Gasteiger partial charge >= 0.3 is 0 Å². The van der Waals surface area contributed by atoms with E-state index in [1.165, 1.54) is 4.90 Å². The number of nitrogens with zero attached hydrogens (tertiary/aromatic N) is 1. The Bertz CT molecular complexity index is 906. The molecule has 152 valence electrons. The van der Waals surface area contributed by atoms with Gasteiger partial charge in [-0.25, -0.2) is 0 Å². The smallest absolute Gasteiger partial charge is 0.295 e. The maximum Gasteiger partial charge on any atom is 0.295 e. The molecule has 3 rings (SSSR count). The van der Waals surface area contributed by atoms with E-state index >= 15 is 0 Å². The van der Waals surface area contributed by atoms with Gasteiger partial charge in [-0.3, -0.25) is 9.59 Å². The van der Waals surface area contributed by atoms with E-state index < -0.39 is 17.7 Å². The third-order valence-electron chi connectivity index (χ3n) is 4.82. The van der Waals surface area contributed by atoms with Crippen LogP contribution in [0.1, 0.15) is 30.5 Å². The zero-order chi connectivity index (χ0) is 20.8. The van der Waals surface area contributed by atoms with E-state index in [9.17, 15) is 14.7 Å². The van der Waals surface area contributed by atoms with Crippen molar-refractivity contribution in [3.8, 4) is 5.75 Å². The number of ether oxygens (including phenoxy) is 2. The minimum atomic E-state index is -0.685. The summed E-state index contributed by atoms with van der Waals surface area (Å²) in [6.45, 7) is 3.18. The molecule has 0 spiro atoms. The number of methoxy groups -OCH3 is 1. The average molecular weight is 395 g/mol. The Morgan fingerprint density at radius 3 is 2.55 bits per heavy atom. The Hall–Kier alpha value is -3.12. The summed E-state index contributed by atoms with van der Waals surface area (Å²) in [6, 6.07) is 15.5. The first-order valence-electron chi connectivity index (χ1n) is 9.64. The summed E-state index contributed by atoms with van der Waals surface area (Å²) in [7, 11) is 1.59. The van der Waals surface area contributed by atoms with Crippen LogP contribution in [0.25, 0.3) is 5.76 Å². The summed E-state index contributed by atoms with van der Waals surface area (Å²) in [6.07, 6.45) is 0.590. The fourth-order valence-corrected chi connectivity index (χ4v) is 3.53. The number of likely N-dealkylation sites (tertiary alicyclic amines) is 1. The summed E-state index contributed by atoms with van der Waals surface area (Å²) in [4.78, 5) is 27.2. The zero-order valence-corrected chi connectivity index (χ0v) is 16.6. The summed E-state index contributed by atoms with van der Waals surface area (Å²) < 4.78 is 10.6. The van der Waals surface area contributed by atoms with Gasteiger partial charge in [0, 0.05) is 25.8 Å². The number of carbonyl (C=O) groups excluding carboxylic acids is 2. The molecule has 1 amide bonds. The normalized spacial score (nSPS) is 18.3. The maximum atomic E-state index is 12.9. The molecule has 1 atom stereocenters. The van der Waals surface area contributed by atoms with E-state index in [0.29, 0.717) is 37.5 Å². The summed E-state index contributed by atoms with van der Waals surface area (Å²) in [5, 5.41) is 11.0. The number of hydrogen-bond acceptors (Lipinski definition) is 5. The largest absolute Gasteiger partial charge is 0.507 e. The summed E-state index contributed by atoms with van der Waals surface area (Å²) in [5.41, 5.74) is 1.30. The molecule has 0 aliphatic carbocycles. The molecular formula is C23H25NO5. The van der Waals surface area contributed by atoms with Crippen molar-refractivity contribution < 1.29 is 24.2 Å². The number of Topliss-reactive ketones (excluding diaryl/α,β-unsaturated/α-hetero) is 1. The van der Waals surface area contributed by atoms with Crippen LogP contribution < -0.4 is 4.74 Å². The Balaban J connectivity index is 2.08. The predicted molar refractivity (Wildman–Crippen MR) is 110 cm³/mol. The lowest BCUT2D eigenvalue weighted by atomic mass is 9.95. The van der Waals surface area contributed by atoms with Crippen LogP contribution in [0.5, 0.6) is 5.75 Å². The fraction of sp³-hybridized carbons (Fsp3) is 0.304. The van der Waals surface area contributed by atoms with Crippen LogP contribution in [0.15, 0.2) is 60.2 Å². The molecule has 6 heteroatoms. The standard InChI is InChI=1S/C23H25NO5/c1-3-29-18-12-7-11-17(15-18)21(25)19-20(16-9-5-4-6-10-16)24(13-8-14-28-2)23(27)22(19)26/h4-7,9-12,15,20,25H,3,8,13-14H2,1-2H3/b21-19+. The second-order valence-electron chi connectivity index (χ2n) is 6.71. The lowest BCUT2D eigenvalue weighted by Crippen LogP contribution is -2.31. The van der Waals surface area contributed by atoms with E-state index in [0.717, 1.165) is 5.56 Å². The van der Waals surface area contributed by atoms with E-state index in [-0.39, 0.29) is 11.3 Å². The molecule has 2 aromatic rings. The zero-order valence-electron chi connectivity index (χ0n) is 16.6. The minimum Gasteiger partial charge on any atom is -0.507 e. The molecule has 0 aromatic heterocycles. The molecule has 0 bridgehead atoms. The molecule has 1 unspecified atom stereocenters. The van der Waals surface area contributed by atoms with Crippen LogP contribution in [0.4, 0.5) is 0 Å². The van der Waals surface area contributed by atoms with Crippen molar-refractivity contribution in [1.29, 1.82) is 0 Å². The number of rotatable bonds is 8. The third kappa shape index (κ3) is 4.32. The summed E-state index contributed by atoms with van der Waals surface area (Å²) in [5.74, 6) is -0.914. The number of aliphatic hydroxyl groups is 1. The highest BCUT2D eigenvalue weighted by Crippen LogP contribution is 2.39. The molecular weight excluding hydrogens is 370 g/mol. The molecule has 2 aromatic carbocycles. The van der Waals surface area contributed by atoms with Gasteiger partial charge in [-0.15, -0.1) is 0 Å². The van der Waals surface area contributed by atoms with Crippen LogP contribution in [0.2, 0.25) is 0 Å². The van der Waals surface area contributed by atoms with Crippen molar-refractivity contribution in [2.75, 3.05) is 26.9 Å². The molecule has 1 aliphatic rings. The number of ketones is 1. The SMILES string of the molecule is CCOc1cccc(/C(O)=C2\C(=O)C(=O)N(CCCOC)C2c2ccccc2)c1. The van der Waals surface area contributed by atoms with Crippen LogP contribution in [-0.2, 0) is 14.3 Å². The van der Waals surface area contributed by atoms with Crippen LogP contribution >= 0.6 is 0 Å². The highest BCUT2D eigenvalue weighted by Gasteiger charge is 2.45. The van der Waals surface area contributed by atoms with Crippen molar-refractivity contribution in [3.63, 3.8) is 0 Å². The lowest BCUT2D eigenvalue weighted by molar-refractivity contribution is -0.140. The van der Waals surface area contributed by atoms with Gasteiger partial charge in [-0.05, 0) is 31.0 Å². The Kier molecular flexibility index (Phi) is 6.67. The Morgan fingerprint density at radius 2 is 1.86 bits per heavy atom. The summed E-state index contributed by atoms with van der Waals surface area (Å²) >= 11 is 0. The molecule has 6 nitrogen and oxygen atoms in total. The van der Waals surface area contributed by atoms with E-state index in [1.54, 1.807) is 31.4 Å². The molecule has 1 aliphatic heterocycles. The molecule has 0 radical (unpaired) electrons. The molecule has 1 fully saturated rings. The van der Waals surface area contributed by atoms with Gasteiger partial charge < -0.3 is 19.5 Å². The number of hydrogen-bond donors (Lipinski definition) is 1. The van der Waals surface area contributed by atoms with Gasteiger partial charge in [-0.2, -0.15) is 0 Å². The monoisotopic (exact) mass is 395 g/mol. The topological polar surface area (TPSA) is 76.1 Å². The van der Waals surface area contributed by atoms with E-state index in [2.05, 4.69) is 0 Å². The van der Waals surface area contributed by atoms with Crippen LogP contribution in [0, 0.1) is 0 Å². The second kappa shape index (κ2) is 9.39. The first kappa shape index (κ1) is 20.6.